The van der Waals surface area contributed by atoms with Gasteiger partial charge >= 0.3 is 0 Å². The van der Waals surface area contributed by atoms with Crippen LogP contribution in [0.2, 0.25) is 0 Å². The summed E-state index contributed by atoms with van der Waals surface area (Å²) < 4.78 is 5.47. The minimum atomic E-state index is -0.245. The number of rotatable bonds is 4. The van der Waals surface area contributed by atoms with Crippen molar-refractivity contribution in [2.75, 3.05) is 6.61 Å². The van der Waals surface area contributed by atoms with E-state index in [9.17, 15) is 4.79 Å². The van der Waals surface area contributed by atoms with Gasteiger partial charge in [0.2, 0.25) is 5.91 Å². The highest BCUT2D eigenvalue weighted by atomic mass is 16.5. The van der Waals surface area contributed by atoms with Crippen LogP contribution in [0.4, 0.5) is 0 Å². The van der Waals surface area contributed by atoms with Gasteiger partial charge in [0, 0.05) is 6.04 Å². The predicted molar refractivity (Wildman–Crippen MR) is 69.9 cm³/mol. The average Bonchev–Trinajstić information content (AvgIpc) is 2.27. The molecule has 0 radical (unpaired) electrons. The van der Waals surface area contributed by atoms with Crippen LogP contribution in [0.5, 0.6) is 0 Å². The lowest BCUT2D eigenvalue weighted by molar-refractivity contribution is -0.131. The van der Waals surface area contributed by atoms with Gasteiger partial charge in [0.25, 0.3) is 0 Å². The van der Waals surface area contributed by atoms with Crippen LogP contribution in [-0.2, 0) is 9.53 Å². The predicted octanol–water partition coefficient (Wildman–Crippen LogP) is 2.89. The maximum absolute atomic E-state index is 11.7. The first-order chi connectivity index (χ1) is 7.88. The lowest BCUT2D eigenvalue weighted by atomic mass is 9.84. The van der Waals surface area contributed by atoms with Gasteiger partial charge in [-0.2, -0.15) is 0 Å². The van der Waals surface area contributed by atoms with Gasteiger partial charge < -0.3 is 10.1 Å². The number of ether oxygens (including phenoxy) is 1. The fourth-order valence-corrected chi connectivity index (χ4v) is 2.33. The molecule has 1 saturated carbocycles. The zero-order valence-corrected chi connectivity index (χ0v) is 11.7. The summed E-state index contributed by atoms with van der Waals surface area (Å²) in [6.07, 6.45) is 6.47. The summed E-state index contributed by atoms with van der Waals surface area (Å²) in [6.45, 7) is 8.17. The van der Waals surface area contributed by atoms with Gasteiger partial charge in [-0.1, -0.05) is 19.3 Å². The number of nitrogens with one attached hydrogen (secondary N) is 1. The van der Waals surface area contributed by atoms with Gasteiger partial charge in [-0.3, -0.25) is 4.79 Å². The summed E-state index contributed by atoms with van der Waals surface area (Å²) in [5, 5.41) is 3.06. The first-order valence-electron chi connectivity index (χ1n) is 6.82. The van der Waals surface area contributed by atoms with E-state index in [2.05, 4.69) is 12.2 Å². The topological polar surface area (TPSA) is 38.3 Å². The summed E-state index contributed by atoms with van der Waals surface area (Å²) in [5.74, 6) is 0.667. The van der Waals surface area contributed by atoms with Crippen LogP contribution in [0, 0.1) is 5.92 Å². The molecule has 1 aliphatic rings. The van der Waals surface area contributed by atoms with E-state index in [1.807, 2.05) is 20.8 Å². The minimum Gasteiger partial charge on any atom is -0.366 e. The van der Waals surface area contributed by atoms with E-state index < -0.39 is 0 Å². The van der Waals surface area contributed by atoms with E-state index >= 15 is 0 Å². The van der Waals surface area contributed by atoms with Crippen molar-refractivity contribution in [2.24, 2.45) is 5.92 Å². The Labute approximate surface area is 105 Å². The summed E-state index contributed by atoms with van der Waals surface area (Å²) in [4.78, 5) is 11.7. The van der Waals surface area contributed by atoms with Gasteiger partial charge in [0.1, 0.15) is 6.61 Å². The second-order valence-corrected chi connectivity index (χ2v) is 6.16. The molecule has 17 heavy (non-hydrogen) atoms. The zero-order chi connectivity index (χ0) is 12.9. The Bertz CT molecular complexity index is 239. The van der Waals surface area contributed by atoms with Crippen molar-refractivity contribution in [3.63, 3.8) is 0 Å². The Hall–Kier alpha value is -0.570. The molecule has 1 atom stereocenters. The van der Waals surface area contributed by atoms with Crippen LogP contribution in [-0.4, -0.2) is 24.2 Å². The van der Waals surface area contributed by atoms with Gasteiger partial charge in [0.15, 0.2) is 0 Å². The normalized spacial score (nSPS) is 20.0. The summed E-state index contributed by atoms with van der Waals surface area (Å²) in [5.41, 5.74) is -0.245. The molecule has 0 aromatic rings. The lowest BCUT2D eigenvalue weighted by Gasteiger charge is -2.28. The zero-order valence-electron chi connectivity index (χ0n) is 11.7. The van der Waals surface area contributed by atoms with E-state index in [1.165, 1.54) is 32.1 Å². The molecule has 0 aliphatic heterocycles. The first kappa shape index (κ1) is 14.5. The maximum atomic E-state index is 11.7. The second-order valence-electron chi connectivity index (χ2n) is 6.16. The highest BCUT2D eigenvalue weighted by molar-refractivity contribution is 5.77. The van der Waals surface area contributed by atoms with Crippen LogP contribution in [0.1, 0.15) is 59.8 Å². The van der Waals surface area contributed by atoms with Crippen molar-refractivity contribution >= 4 is 5.91 Å². The van der Waals surface area contributed by atoms with Crippen molar-refractivity contribution in [1.82, 2.24) is 5.32 Å². The Morgan fingerprint density at radius 3 is 2.41 bits per heavy atom. The fourth-order valence-electron chi connectivity index (χ4n) is 2.33. The molecule has 1 rings (SSSR count). The lowest BCUT2D eigenvalue weighted by Crippen LogP contribution is -2.41. The molecule has 0 spiro atoms. The molecular weight excluding hydrogens is 214 g/mol. The van der Waals surface area contributed by atoms with Crippen LogP contribution < -0.4 is 5.32 Å². The molecule has 100 valence electrons. The van der Waals surface area contributed by atoms with Gasteiger partial charge in [-0.15, -0.1) is 0 Å². The Kier molecular flexibility index (Phi) is 5.44. The number of hydrogen-bond donors (Lipinski definition) is 1. The maximum Gasteiger partial charge on any atom is 0.246 e. The van der Waals surface area contributed by atoms with Crippen molar-refractivity contribution in [2.45, 2.75) is 71.4 Å². The number of hydrogen-bond acceptors (Lipinski definition) is 2. The largest absolute Gasteiger partial charge is 0.366 e. The molecule has 1 amide bonds. The highest BCUT2D eigenvalue weighted by Gasteiger charge is 2.22. The molecule has 1 aliphatic carbocycles. The molecular formula is C14H27NO2. The van der Waals surface area contributed by atoms with Gasteiger partial charge in [-0.05, 0) is 46.5 Å². The Balaban J connectivity index is 2.25. The van der Waals surface area contributed by atoms with Gasteiger partial charge in [0.05, 0.1) is 5.60 Å². The van der Waals surface area contributed by atoms with E-state index in [1.54, 1.807) is 0 Å². The van der Waals surface area contributed by atoms with Crippen LogP contribution in [0.3, 0.4) is 0 Å². The van der Waals surface area contributed by atoms with Crippen LogP contribution in [0.25, 0.3) is 0 Å². The number of carbonyl (C=O) groups excluding carboxylic acids is 1. The quantitative estimate of drug-likeness (QED) is 0.822. The summed E-state index contributed by atoms with van der Waals surface area (Å²) in [6, 6.07) is 0.284. The molecule has 3 nitrogen and oxygen atoms in total. The third-order valence-corrected chi connectivity index (χ3v) is 3.38. The van der Waals surface area contributed by atoms with Crippen LogP contribution >= 0.6 is 0 Å². The molecule has 0 unspecified atom stereocenters. The third kappa shape index (κ3) is 6.06. The minimum absolute atomic E-state index is 0.0120. The molecule has 1 N–H and O–H groups in total. The SMILES string of the molecule is C[C@H](NC(=O)COC(C)(C)C)C1CCCCC1. The number of carbonyl (C=O) groups is 1. The van der Waals surface area contributed by atoms with Crippen molar-refractivity contribution < 1.29 is 9.53 Å². The number of amides is 1. The van der Waals surface area contributed by atoms with E-state index in [-0.39, 0.29) is 24.2 Å². The second kappa shape index (κ2) is 6.39. The average molecular weight is 241 g/mol. The molecule has 0 bridgehead atoms. The standard InChI is InChI=1S/C14H27NO2/c1-11(12-8-6-5-7-9-12)15-13(16)10-17-14(2,3)4/h11-12H,5-10H2,1-4H3,(H,15,16)/t11-/m0/s1. The Morgan fingerprint density at radius 2 is 1.88 bits per heavy atom. The highest BCUT2D eigenvalue weighted by Crippen LogP contribution is 2.26. The van der Waals surface area contributed by atoms with Crippen LogP contribution in [0.15, 0.2) is 0 Å². The Morgan fingerprint density at radius 1 is 1.29 bits per heavy atom. The summed E-state index contributed by atoms with van der Waals surface area (Å²) in [7, 11) is 0. The smallest absolute Gasteiger partial charge is 0.246 e. The molecule has 0 heterocycles. The van der Waals surface area contributed by atoms with Crippen molar-refractivity contribution in [1.29, 1.82) is 0 Å². The molecule has 3 heteroatoms. The fraction of sp³-hybridized carbons (Fsp3) is 0.929. The van der Waals surface area contributed by atoms with E-state index in [0.29, 0.717) is 5.92 Å². The van der Waals surface area contributed by atoms with Gasteiger partial charge in [-0.25, -0.2) is 0 Å². The third-order valence-electron chi connectivity index (χ3n) is 3.38. The van der Waals surface area contributed by atoms with E-state index in [4.69, 9.17) is 4.74 Å². The first-order valence-corrected chi connectivity index (χ1v) is 6.82. The van der Waals surface area contributed by atoms with Crippen molar-refractivity contribution in [3.8, 4) is 0 Å². The monoisotopic (exact) mass is 241 g/mol. The molecule has 0 aromatic heterocycles. The molecule has 1 fully saturated rings. The summed E-state index contributed by atoms with van der Waals surface area (Å²) >= 11 is 0. The van der Waals surface area contributed by atoms with Crippen molar-refractivity contribution in [3.05, 3.63) is 0 Å². The van der Waals surface area contributed by atoms with E-state index in [0.717, 1.165) is 0 Å². The molecule has 0 saturated heterocycles. The molecule has 0 aromatic carbocycles.